The maximum atomic E-state index is 13.3. The SMILES string of the molecule is Cc1ccc(NC2=C(c3ccccc3)C(=O)N(c3ccc(C(F)(F)F)cc3)C2=O)c(C)c1. The van der Waals surface area contributed by atoms with Crippen molar-refractivity contribution in [2.45, 2.75) is 20.0 Å². The van der Waals surface area contributed by atoms with Gasteiger partial charge in [-0.1, -0.05) is 48.0 Å². The van der Waals surface area contributed by atoms with Gasteiger partial charge in [0.05, 0.1) is 16.8 Å². The molecule has 7 heteroatoms. The number of benzene rings is 3. The normalized spacial score (nSPS) is 14.3. The second kappa shape index (κ2) is 8.00. The van der Waals surface area contributed by atoms with Gasteiger partial charge in [0.1, 0.15) is 5.70 Å². The minimum atomic E-state index is -4.51. The molecule has 0 aliphatic carbocycles. The molecule has 0 saturated carbocycles. The minimum Gasteiger partial charge on any atom is -0.350 e. The Hall–Kier alpha value is -3.87. The Bertz CT molecular complexity index is 1230. The minimum absolute atomic E-state index is 0.0684. The first kappa shape index (κ1) is 21.4. The van der Waals surface area contributed by atoms with Gasteiger partial charge in [-0.25, -0.2) is 4.90 Å². The number of hydrogen-bond acceptors (Lipinski definition) is 3. The van der Waals surface area contributed by atoms with E-state index in [2.05, 4.69) is 5.32 Å². The van der Waals surface area contributed by atoms with Crippen LogP contribution in [0, 0.1) is 13.8 Å². The van der Waals surface area contributed by atoms with Crippen LogP contribution in [-0.2, 0) is 15.8 Å². The summed E-state index contributed by atoms with van der Waals surface area (Å²) in [5.74, 6) is -1.23. The number of nitrogens with zero attached hydrogens (tertiary/aromatic N) is 1. The molecule has 0 spiro atoms. The molecule has 0 saturated heterocycles. The second-order valence-corrected chi connectivity index (χ2v) is 7.55. The van der Waals surface area contributed by atoms with Crippen molar-refractivity contribution in [3.8, 4) is 0 Å². The number of alkyl halides is 3. The number of carbonyl (C=O) groups is 2. The third kappa shape index (κ3) is 3.89. The van der Waals surface area contributed by atoms with Crippen molar-refractivity contribution in [2.24, 2.45) is 0 Å². The van der Waals surface area contributed by atoms with E-state index >= 15 is 0 Å². The van der Waals surface area contributed by atoms with Crippen molar-refractivity contribution in [1.29, 1.82) is 0 Å². The van der Waals surface area contributed by atoms with Crippen molar-refractivity contribution < 1.29 is 22.8 Å². The van der Waals surface area contributed by atoms with Gasteiger partial charge >= 0.3 is 6.18 Å². The Morgan fingerprint density at radius 3 is 2.06 bits per heavy atom. The fourth-order valence-corrected chi connectivity index (χ4v) is 3.64. The zero-order valence-corrected chi connectivity index (χ0v) is 17.3. The molecule has 32 heavy (non-hydrogen) atoms. The highest BCUT2D eigenvalue weighted by atomic mass is 19.4. The molecule has 3 aromatic carbocycles. The summed E-state index contributed by atoms with van der Waals surface area (Å²) in [6, 6.07) is 18.3. The number of anilines is 2. The molecule has 1 aliphatic heterocycles. The molecule has 1 heterocycles. The molecule has 2 amide bonds. The lowest BCUT2D eigenvalue weighted by molar-refractivity contribution is -0.137. The third-order valence-corrected chi connectivity index (χ3v) is 5.24. The van der Waals surface area contributed by atoms with E-state index in [-0.39, 0.29) is 17.0 Å². The Kier molecular flexibility index (Phi) is 5.34. The first-order valence-electron chi connectivity index (χ1n) is 9.87. The van der Waals surface area contributed by atoms with E-state index in [0.717, 1.165) is 40.3 Å². The number of amides is 2. The molecule has 0 radical (unpaired) electrons. The number of imide groups is 1. The fourth-order valence-electron chi connectivity index (χ4n) is 3.64. The van der Waals surface area contributed by atoms with E-state index < -0.39 is 23.6 Å². The van der Waals surface area contributed by atoms with E-state index in [1.807, 2.05) is 32.0 Å². The van der Waals surface area contributed by atoms with Gasteiger partial charge in [-0.05, 0) is 55.3 Å². The van der Waals surface area contributed by atoms with Crippen LogP contribution in [0.5, 0.6) is 0 Å². The van der Waals surface area contributed by atoms with Crippen LogP contribution in [0.4, 0.5) is 24.5 Å². The quantitative estimate of drug-likeness (QED) is 0.533. The van der Waals surface area contributed by atoms with Crippen molar-refractivity contribution in [3.63, 3.8) is 0 Å². The molecular weight excluding hydrogens is 417 g/mol. The van der Waals surface area contributed by atoms with E-state index in [1.165, 1.54) is 0 Å². The van der Waals surface area contributed by atoms with E-state index in [4.69, 9.17) is 0 Å². The molecular formula is C25H19F3N2O2. The Balaban J connectivity index is 1.78. The standard InChI is InChI=1S/C25H19F3N2O2/c1-15-8-13-20(16(2)14-15)29-22-21(17-6-4-3-5-7-17)23(31)30(24(22)32)19-11-9-18(10-12-19)25(26,27)28/h3-14,29H,1-2H3. The van der Waals surface area contributed by atoms with Gasteiger partial charge in [0.2, 0.25) is 0 Å². The molecule has 0 bridgehead atoms. The van der Waals surface area contributed by atoms with E-state index in [1.54, 1.807) is 30.3 Å². The average molecular weight is 436 g/mol. The molecule has 3 aromatic rings. The summed E-state index contributed by atoms with van der Waals surface area (Å²) >= 11 is 0. The van der Waals surface area contributed by atoms with Crippen molar-refractivity contribution in [1.82, 2.24) is 0 Å². The molecule has 1 aliphatic rings. The number of nitrogens with one attached hydrogen (secondary N) is 1. The van der Waals surface area contributed by atoms with Gasteiger partial charge in [-0.2, -0.15) is 13.2 Å². The summed E-state index contributed by atoms with van der Waals surface area (Å²) in [4.78, 5) is 27.5. The Morgan fingerprint density at radius 1 is 0.812 bits per heavy atom. The van der Waals surface area contributed by atoms with Crippen LogP contribution in [0.25, 0.3) is 5.57 Å². The monoisotopic (exact) mass is 436 g/mol. The van der Waals surface area contributed by atoms with Crippen molar-refractivity contribution in [2.75, 3.05) is 10.2 Å². The van der Waals surface area contributed by atoms with Crippen LogP contribution in [0.2, 0.25) is 0 Å². The Morgan fingerprint density at radius 2 is 1.47 bits per heavy atom. The predicted molar refractivity (Wildman–Crippen MR) is 117 cm³/mol. The number of hydrogen-bond donors (Lipinski definition) is 1. The van der Waals surface area contributed by atoms with Crippen LogP contribution in [-0.4, -0.2) is 11.8 Å². The van der Waals surface area contributed by atoms with Gasteiger partial charge in [-0.15, -0.1) is 0 Å². The zero-order chi connectivity index (χ0) is 23.0. The van der Waals surface area contributed by atoms with Crippen LogP contribution in [0.3, 0.4) is 0 Å². The lowest BCUT2D eigenvalue weighted by atomic mass is 10.0. The summed E-state index contributed by atoms with van der Waals surface area (Å²) in [6.07, 6.45) is -4.51. The first-order chi connectivity index (χ1) is 15.2. The summed E-state index contributed by atoms with van der Waals surface area (Å²) in [6.45, 7) is 3.83. The van der Waals surface area contributed by atoms with Gasteiger partial charge in [-0.3, -0.25) is 9.59 Å². The van der Waals surface area contributed by atoms with E-state index in [0.29, 0.717) is 11.3 Å². The number of carbonyl (C=O) groups excluding carboxylic acids is 2. The highest BCUT2D eigenvalue weighted by molar-refractivity contribution is 6.46. The van der Waals surface area contributed by atoms with Gasteiger partial charge in [0.15, 0.2) is 0 Å². The van der Waals surface area contributed by atoms with Crippen molar-refractivity contribution in [3.05, 3.63) is 101 Å². The molecule has 162 valence electrons. The summed E-state index contributed by atoms with van der Waals surface area (Å²) in [7, 11) is 0. The summed E-state index contributed by atoms with van der Waals surface area (Å²) < 4.78 is 38.8. The fraction of sp³-hybridized carbons (Fsp3) is 0.120. The third-order valence-electron chi connectivity index (χ3n) is 5.24. The summed E-state index contributed by atoms with van der Waals surface area (Å²) in [5.41, 5.74) is 2.58. The molecule has 4 rings (SSSR count). The van der Waals surface area contributed by atoms with E-state index in [9.17, 15) is 22.8 Å². The van der Waals surface area contributed by atoms with Crippen LogP contribution >= 0.6 is 0 Å². The van der Waals surface area contributed by atoms with Crippen LogP contribution < -0.4 is 10.2 Å². The van der Waals surface area contributed by atoms with Gasteiger partial charge < -0.3 is 5.32 Å². The topological polar surface area (TPSA) is 49.4 Å². The highest BCUT2D eigenvalue weighted by Crippen LogP contribution is 2.36. The number of halogens is 3. The molecule has 1 N–H and O–H groups in total. The maximum absolute atomic E-state index is 13.3. The lowest BCUT2D eigenvalue weighted by Crippen LogP contribution is -2.32. The maximum Gasteiger partial charge on any atom is 0.416 e. The molecule has 0 fully saturated rings. The summed E-state index contributed by atoms with van der Waals surface area (Å²) in [5, 5.41) is 3.09. The lowest BCUT2D eigenvalue weighted by Gasteiger charge is -2.17. The largest absolute Gasteiger partial charge is 0.416 e. The zero-order valence-electron chi connectivity index (χ0n) is 17.3. The molecule has 0 unspecified atom stereocenters. The van der Waals surface area contributed by atoms with Crippen LogP contribution in [0.1, 0.15) is 22.3 Å². The highest BCUT2D eigenvalue weighted by Gasteiger charge is 2.40. The number of aryl methyl sites for hydroxylation is 2. The average Bonchev–Trinajstić information content (AvgIpc) is 2.99. The van der Waals surface area contributed by atoms with Gasteiger partial charge in [0.25, 0.3) is 11.8 Å². The van der Waals surface area contributed by atoms with Gasteiger partial charge in [0, 0.05) is 5.69 Å². The molecule has 4 nitrogen and oxygen atoms in total. The van der Waals surface area contributed by atoms with Crippen molar-refractivity contribution >= 4 is 28.8 Å². The smallest absolute Gasteiger partial charge is 0.350 e. The predicted octanol–water partition coefficient (Wildman–Crippen LogP) is 5.72. The first-order valence-corrected chi connectivity index (χ1v) is 9.87. The Labute approximate surface area is 183 Å². The number of rotatable bonds is 4. The molecule has 0 atom stereocenters. The second-order valence-electron chi connectivity index (χ2n) is 7.55. The van der Waals surface area contributed by atoms with Crippen LogP contribution in [0.15, 0.2) is 78.5 Å². The molecule has 0 aromatic heterocycles.